The molecule has 3 rings (SSSR count). The second-order valence-corrected chi connectivity index (χ2v) is 6.42. The predicted molar refractivity (Wildman–Crippen MR) is 102 cm³/mol. The summed E-state index contributed by atoms with van der Waals surface area (Å²) in [5.41, 5.74) is 14.3. The molecular formula is C19H20N6O2. The molecule has 0 saturated carbocycles. The number of aliphatic hydroxyl groups excluding tert-OH is 1. The zero-order valence-corrected chi connectivity index (χ0v) is 15.1. The van der Waals surface area contributed by atoms with E-state index in [0.717, 1.165) is 5.56 Å². The number of nitrogens with two attached hydrogens (primary N) is 2. The van der Waals surface area contributed by atoms with Crippen LogP contribution in [0.1, 0.15) is 34.1 Å². The Kier molecular flexibility index (Phi) is 5.05. The van der Waals surface area contributed by atoms with Gasteiger partial charge in [-0.15, -0.1) is 0 Å². The Morgan fingerprint density at radius 1 is 1.33 bits per heavy atom. The van der Waals surface area contributed by atoms with Crippen LogP contribution >= 0.6 is 0 Å². The number of fused-ring (bicyclic) bond motifs is 1. The number of hydrogen-bond donors (Lipinski definition) is 3. The molecule has 5 N–H and O–H groups in total. The summed E-state index contributed by atoms with van der Waals surface area (Å²) in [6.07, 6.45) is 1.37. The van der Waals surface area contributed by atoms with Crippen molar-refractivity contribution in [3.63, 3.8) is 0 Å². The summed E-state index contributed by atoms with van der Waals surface area (Å²) in [7, 11) is 0. The van der Waals surface area contributed by atoms with Crippen LogP contribution in [-0.4, -0.2) is 37.4 Å². The van der Waals surface area contributed by atoms with Crippen molar-refractivity contribution in [3.05, 3.63) is 46.9 Å². The van der Waals surface area contributed by atoms with E-state index in [0.29, 0.717) is 34.4 Å². The van der Waals surface area contributed by atoms with Crippen molar-refractivity contribution < 1.29 is 9.90 Å². The maximum Gasteiger partial charge on any atom is 0.248 e. The summed E-state index contributed by atoms with van der Waals surface area (Å²) >= 11 is 0. The van der Waals surface area contributed by atoms with Gasteiger partial charge in [0.2, 0.25) is 5.91 Å². The standard InChI is InChI=1S/C19H20N6O2/c1-11(9-26)8-25-19-16(17(20)22-10-23-19)15(24-25)6-5-13-7-14(18(21)27)4-3-12(13)2/h3-4,7,10-11,26H,8-9H2,1-2H3,(H2,21,27)(H2,20,22,23). The van der Waals surface area contributed by atoms with Crippen molar-refractivity contribution >= 4 is 22.8 Å². The van der Waals surface area contributed by atoms with E-state index >= 15 is 0 Å². The van der Waals surface area contributed by atoms with Crippen LogP contribution < -0.4 is 11.5 Å². The maximum absolute atomic E-state index is 11.4. The fourth-order valence-electron chi connectivity index (χ4n) is 2.63. The first kappa shape index (κ1) is 18.4. The number of benzene rings is 1. The summed E-state index contributed by atoms with van der Waals surface area (Å²) in [6.45, 7) is 4.30. The molecule has 0 bridgehead atoms. The molecule has 138 valence electrons. The highest BCUT2D eigenvalue weighted by atomic mass is 16.3. The molecule has 0 radical (unpaired) electrons. The van der Waals surface area contributed by atoms with Gasteiger partial charge in [-0.05, 0) is 36.5 Å². The lowest BCUT2D eigenvalue weighted by atomic mass is 10.0. The number of primary amides is 1. The van der Waals surface area contributed by atoms with Gasteiger partial charge in [0.25, 0.3) is 0 Å². The van der Waals surface area contributed by atoms with Crippen molar-refractivity contribution in [3.8, 4) is 11.8 Å². The van der Waals surface area contributed by atoms with Gasteiger partial charge in [0.15, 0.2) is 5.65 Å². The zero-order valence-electron chi connectivity index (χ0n) is 15.1. The topological polar surface area (TPSA) is 133 Å². The van der Waals surface area contributed by atoms with Crippen LogP contribution in [0.15, 0.2) is 24.5 Å². The van der Waals surface area contributed by atoms with E-state index in [1.165, 1.54) is 6.33 Å². The van der Waals surface area contributed by atoms with Crippen molar-refractivity contribution in [1.82, 2.24) is 19.7 Å². The molecule has 0 saturated heterocycles. The fraction of sp³-hybridized carbons (Fsp3) is 0.263. The monoisotopic (exact) mass is 364 g/mol. The number of aryl methyl sites for hydroxylation is 1. The third-order valence-electron chi connectivity index (χ3n) is 4.19. The van der Waals surface area contributed by atoms with Crippen LogP contribution in [-0.2, 0) is 6.54 Å². The molecule has 1 amide bonds. The van der Waals surface area contributed by atoms with Crippen LogP contribution in [0.2, 0.25) is 0 Å². The van der Waals surface area contributed by atoms with Crippen LogP contribution in [0, 0.1) is 24.7 Å². The Balaban J connectivity index is 2.10. The van der Waals surface area contributed by atoms with E-state index in [1.807, 2.05) is 13.8 Å². The maximum atomic E-state index is 11.4. The third-order valence-corrected chi connectivity index (χ3v) is 4.19. The first-order valence-corrected chi connectivity index (χ1v) is 8.41. The molecule has 0 aliphatic heterocycles. The van der Waals surface area contributed by atoms with E-state index in [4.69, 9.17) is 11.5 Å². The third kappa shape index (κ3) is 3.73. The summed E-state index contributed by atoms with van der Waals surface area (Å²) in [5, 5.41) is 14.4. The fourth-order valence-corrected chi connectivity index (χ4v) is 2.63. The summed E-state index contributed by atoms with van der Waals surface area (Å²) in [5.74, 6) is 5.81. The highest BCUT2D eigenvalue weighted by Gasteiger charge is 2.15. The molecule has 1 atom stereocenters. The van der Waals surface area contributed by atoms with Gasteiger partial charge < -0.3 is 16.6 Å². The van der Waals surface area contributed by atoms with E-state index < -0.39 is 5.91 Å². The lowest BCUT2D eigenvalue weighted by molar-refractivity contribution is 0.1000. The first-order valence-electron chi connectivity index (χ1n) is 8.41. The normalized spacial score (nSPS) is 11.8. The minimum atomic E-state index is -0.511. The van der Waals surface area contributed by atoms with Crippen molar-refractivity contribution in [2.24, 2.45) is 11.7 Å². The number of rotatable bonds is 4. The number of hydrogen-bond acceptors (Lipinski definition) is 6. The number of aliphatic hydroxyl groups is 1. The second kappa shape index (κ2) is 7.43. The van der Waals surface area contributed by atoms with Gasteiger partial charge in [-0.1, -0.05) is 18.9 Å². The molecule has 8 heteroatoms. The first-order chi connectivity index (χ1) is 12.9. The Labute approximate surface area is 156 Å². The van der Waals surface area contributed by atoms with Crippen LogP contribution in [0.25, 0.3) is 11.0 Å². The number of nitrogen functional groups attached to an aromatic ring is 1. The Morgan fingerprint density at radius 2 is 2.11 bits per heavy atom. The predicted octanol–water partition coefficient (Wildman–Crippen LogP) is 0.844. The summed E-state index contributed by atoms with van der Waals surface area (Å²) in [6, 6.07) is 5.10. The number of anilines is 1. The highest BCUT2D eigenvalue weighted by molar-refractivity contribution is 5.93. The molecule has 0 fully saturated rings. The SMILES string of the molecule is Cc1ccc(C(N)=O)cc1C#Cc1nn(CC(C)CO)c2ncnc(N)c12. The van der Waals surface area contributed by atoms with Crippen molar-refractivity contribution in [2.75, 3.05) is 12.3 Å². The number of aromatic nitrogens is 4. The van der Waals surface area contributed by atoms with E-state index in [9.17, 15) is 9.90 Å². The van der Waals surface area contributed by atoms with Gasteiger partial charge in [-0.3, -0.25) is 4.79 Å². The van der Waals surface area contributed by atoms with Gasteiger partial charge in [-0.25, -0.2) is 14.6 Å². The molecule has 0 spiro atoms. The summed E-state index contributed by atoms with van der Waals surface area (Å²) < 4.78 is 1.67. The van der Waals surface area contributed by atoms with Crippen LogP contribution in [0.5, 0.6) is 0 Å². The molecule has 3 aromatic rings. The molecule has 8 nitrogen and oxygen atoms in total. The van der Waals surface area contributed by atoms with E-state index in [2.05, 4.69) is 26.9 Å². The van der Waals surface area contributed by atoms with Crippen LogP contribution in [0.4, 0.5) is 5.82 Å². The molecule has 2 aromatic heterocycles. The average molecular weight is 364 g/mol. The molecule has 27 heavy (non-hydrogen) atoms. The number of nitrogens with zero attached hydrogens (tertiary/aromatic N) is 4. The smallest absolute Gasteiger partial charge is 0.248 e. The van der Waals surface area contributed by atoms with Crippen molar-refractivity contribution in [1.29, 1.82) is 0 Å². The lowest BCUT2D eigenvalue weighted by Crippen LogP contribution is -2.12. The number of carbonyl (C=O) groups is 1. The highest BCUT2D eigenvalue weighted by Crippen LogP contribution is 2.21. The molecule has 0 aliphatic carbocycles. The Hall–Kier alpha value is -3.44. The molecule has 2 heterocycles. The molecule has 0 aliphatic rings. The summed E-state index contributed by atoms with van der Waals surface area (Å²) in [4.78, 5) is 19.7. The van der Waals surface area contributed by atoms with Gasteiger partial charge >= 0.3 is 0 Å². The minimum absolute atomic E-state index is 0.000378. The molecular weight excluding hydrogens is 344 g/mol. The van der Waals surface area contributed by atoms with Gasteiger partial charge in [-0.2, -0.15) is 5.10 Å². The second-order valence-electron chi connectivity index (χ2n) is 6.42. The minimum Gasteiger partial charge on any atom is -0.396 e. The van der Waals surface area contributed by atoms with Crippen molar-refractivity contribution in [2.45, 2.75) is 20.4 Å². The van der Waals surface area contributed by atoms with Crippen LogP contribution in [0.3, 0.4) is 0 Å². The zero-order chi connectivity index (χ0) is 19.6. The number of amides is 1. The quantitative estimate of drug-likeness (QED) is 0.588. The molecule has 1 unspecified atom stereocenters. The van der Waals surface area contributed by atoms with Gasteiger partial charge in [0, 0.05) is 24.3 Å². The van der Waals surface area contributed by atoms with E-state index in [1.54, 1.807) is 22.9 Å². The largest absolute Gasteiger partial charge is 0.396 e. The lowest BCUT2D eigenvalue weighted by Gasteiger charge is -2.07. The Bertz CT molecular complexity index is 1080. The average Bonchev–Trinajstić information content (AvgIpc) is 2.99. The number of carbonyl (C=O) groups excluding carboxylic acids is 1. The Morgan fingerprint density at radius 3 is 2.81 bits per heavy atom. The van der Waals surface area contributed by atoms with Gasteiger partial charge in [0.05, 0.1) is 5.39 Å². The van der Waals surface area contributed by atoms with Gasteiger partial charge in [0.1, 0.15) is 17.8 Å². The van der Waals surface area contributed by atoms with E-state index in [-0.39, 0.29) is 18.3 Å². The molecule has 1 aromatic carbocycles.